The summed E-state index contributed by atoms with van der Waals surface area (Å²) in [5.74, 6) is 1.71. The molecule has 1 heterocycles. The Balaban J connectivity index is 1.57. The van der Waals surface area contributed by atoms with Crippen molar-refractivity contribution in [2.75, 3.05) is 13.7 Å². The molecule has 3 heteroatoms. The molecule has 1 saturated heterocycles. The SMILES string of the molecule is COc1cccc(CN2CCC(C)CC2C2=Cc3cc(Cl)ccc3C2)c1. The molecule has 0 radical (unpaired) electrons. The summed E-state index contributed by atoms with van der Waals surface area (Å²) in [6.07, 6.45) is 5.94. The quantitative estimate of drug-likeness (QED) is 0.698. The topological polar surface area (TPSA) is 12.5 Å². The summed E-state index contributed by atoms with van der Waals surface area (Å²) in [5.41, 5.74) is 5.57. The van der Waals surface area contributed by atoms with E-state index in [1.54, 1.807) is 7.11 Å². The number of rotatable bonds is 4. The maximum Gasteiger partial charge on any atom is 0.119 e. The number of halogens is 1. The summed E-state index contributed by atoms with van der Waals surface area (Å²) < 4.78 is 5.40. The van der Waals surface area contributed by atoms with Gasteiger partial charge in [0.2, 0.25) is 0 Å². The fourth-order valence-electron chi connectivity index (χ4n) is 4.32. The van der Waals surface area contributed by atoms with Gasteiger partial charge in [-0.05, 0) is 78.3 Å². The first-order valence-corrected chi connectivity index (χ1v) is 9.86. The van der Waals surface area contributed by atoms with Crippen LogP contribution in [0.15, 0.2) is 48.0 Å². The molecule has 2 aromatic carbocycles. The van der Waals surface area contributed by atoms with Crippen molar-refractivity contribution in [2.24, 2.45) is 5.92 Å². The monoisotopic (exact) mass is 367 g/mol. The number of ether oxygens (including phenoxy) is 1. The Morgan fingerprint density at radius 1 is 1.19 bits per heavy atom. The van der Waals surface area contributed by atoms with Crippen molar-refractivity contribution in [2.45, 2.75) is 38.8 Å². The van der Waals surface area contributed by atoms with Crippen LogP contribution in [0.25, 0.3) is 6.08 Å². The van der Waals surface area contributed by atoms with Crippen molar-refractivity contribution >= 4 is 17.7 Å². The Hall–Kier alpha value is -1.77. The molecule has 4 rings (SSSR count). The number of likely N-dealkylation sites (tertiary alicyclic amines) is 1. The van der Waals surface area contributed by atoms with Crippen LogP contribution in [-0.2, 0) is 13.0 Å². The van der Waals surface area contributed by atoms with Crippen LogP contribution in [0.5, 0.6) is 5.75 Å². The normalized spacial score (nSPS) is 22.8. The van der Waals surface area contributed by atoms with Crippen molar-refractivity contribution in [3.8, 4) is 5.75 Å². The third-order valence-corrected chi connectivity index (χ3v) is 6.00. The molecule has 0 spiro atoms. The van der Waals surface area contributed by atoms with Gasteiger partial charge in [0.15, 0.2) is 0 Å². The van der Waals surface area contributed by atoms with E-state index >= 15 is 0 Å². The second-order valence-electron chi connectivity index (χ2n) is 7.71. The Morgan fingerprint density at radius 2 is 2.08 bits per heavy atom. The van der Waals surface area contributed by atoms with Crippen molar-refractivity contribution in [1.29, 1.82) is 0 Å². The largest absolute Gasteiger partial charge is 0.497 e. The zero-order valence-electron chi connectivity index (χ0n) is 15.5. The Kier molecular flexibility index (Phi) is 5.06. The van der Waals surface area contributed by atoms with Crippen LogP contribution in [0.4, 0.5) is 0 Å². The van der Waals surface area contributed by atoms with E-state index in [1.807, 2.05) is 12.1 Å². The number of hydrogen-bond acceptors (Lipinski definition) is 2. The second-order valence-corrected chi connectivity index (χ2v) is 8.14. The summed E-state index contributed by atoms with van der Waals surface area (Å²) in [4.78, 5) is 2.65. The summed E-state index contributed by atoms with van der Waals surface area (Å²) in [7, 11) is 1.73. The third kappa shape index (κ3) is 3.67. The molecule has 2 unspecified atom stereocenters. The molecule has 2 aliphatic rings. The fourth-order valence-corrected chi connectivity index (χ4v) is 4.50. The zero-order valence-corrected chi connectivity index (χ0v) is 16.3. The highest BCUT2D eigenvalue weighted by Gasteiger charge is 2.31. The minimum absolute atomic E-state index is 0.510. The molecule has 2 atom stereocenters. The van der Waals surface area contributed by atoms with E-state index in [2.05, 4.69) is 48.2 Å². The van der Waals surface area contributed by atoms with Gasteiger partial charge in [-0.25, -0.2) is 0 Å². The fraction of sp³-hybridized carbons (Fsp3) is 0.391. The molecule has 0 N–H and O–H groups in total. The van der Waals surface area contributed by atoms with Gasteiger partial charge in [-0.3, -0.25) is 4.90 Å². The van der Waals surface area contributed by atoms with E-state index in [-0.39, 0.29) is 0 Å². The van der Waals surface area contributed by atoms with E-state index in [0.717, 1.165) is 36.2 Å². The highest BCUT2D eigenvalue weighted by Crippen LogP contribution is 2.36. The predicted molar refractivity (Wildman–Crippen MR) is 109 cm³/mol. The number of nitrogens with zero attached hydrogens (tertiary/aromatic N) is 1. The standard InChI is InChI=1S/C23H26ClNO/c1-16-8-9-25(15-17-4-3-5-22(11-17)26-2)23(10-16)20-12-18-6-7-21(24)14-19(18)13-20/h3-7,11,13-14,16,23H,8-10,12,15H2,1-2H3. The van der Waals surface area contributed by atoms with Crippen LogP contribution >= 0.6 is 11.6 Å². The molecule has 2 aromatic rings. The summed E-state index contributed by atoms with van der Waals surface area (Å²) >= 11 is 6.19. The summed E-state index contributed by atoms with van der Waals surface area (Å²) in [6, 6.07) is 15.3. The highest BCUT2D eigenvalue weighted by molar-refractivity contribution is 6.30. The van der Waals surface area contributed by atoms with Crippen molar-refractivity contribution in [3.05, 3.63) is 69.8 Å². The van der Waals surface area contributed by atoms with Gasteiger partial charge in [0.25, 0.3) is 0 Å². The smallest absolute Gasteiger partial charge is 0.119 e. The van der Waals surface area contributed by atoms with Gasteiger partial charge in [-0.2, -0.15) is 0 Å². The van der Waals surface area contributed by atoms with Gasteiger partial charge in [-0.1, -0.05) is 42.8 Å². The van der Waals surface area contributed by atoms with Crippen molar-refractivity contribution in [1.82, 2.24) is 4.90 Å². The average Bonchev–Trinajstić information content (AvgIpc) is 3.06. The van der Waals surface area contributed by atoms with E-state index in [0.29, 0.717) is 6.04 Å². The van der Waals surface area contributed by atoms with E-state index in [4.69, 9.17) is 16.3 Å². The number of methoxy groups -OCH3 is 1. The lowest BCUT2D eigenvalue weighted by atomic mass is 9.87. The Labute approximate surface area is 161 Å². The molecule has 0 saturated carbocycles. The number of hydrogen-bond donors (Lipinski definition) is 0. The third-order valence-electron chi connectivity index (χ3n) is 5.77. The maximum absolute atomic E-state index is 6.19. The van der Waals surface area contributed by atoms with Crippen molar-refractivity contribution in [3.63, 3.8) is 0 Å². The first-order chi connectivity index (χ1) is 12.6. The van der Waals surface area contributed by atoms with Crippen molar-refractivity contribution < 1.29 is 4.74 Å². The molecule has 0 amide bonds. The molecule has 0 bridgehead atoms. The Morgan fingerprint density at radius 3 is 2.92 bits per heavy atom. The summed E-state index contributed by atoms with van der Waals surface area (Å²) in [6.45, 7) is 4.51. The minimum atomic E-state index is 0.510. The molecule has 26 heavy (non-hydrogen) atoms. The molecule has 1 fully saturated rings. The van der Waals surface area contributed by atoms with E-state index in [1.165, 1.54) is 35.1 Å². The first-order valence-electron chi connectivity index (χ1n) is 9.48. The van der Waals surface area contributed by atoms with Gasteiger partial charge >= 0.3 is 0 Å². The predicted octanol–water partition coefficient (Wildman–Crippen LogP) is 5.59. The molecule has 2 nitrogen and oxygen atoms in total. The lowest BCUT2D eigenvalue weighted by molar-refractivity contribution is 0.132. The number of piperidine rings is 1. The summed E-state index contributed by atoms with van der Waals surface area (Å²) in [5, 5.41) is 0.825. The number of fused-ring (bicyclic) bond motifs is 1. The molecule has 1 aliphatic heterocycles. The van der Waals surface area contributed by atoms with Crippen LogP contribution in [-0.4, -0.2) is 24.6 Å². The zero-order chi connectivity index (χ0) is 18.1. The Bertz CT molecular complexity index is 829. The van der Waals surface area contributed by atoms with Crippen LogP contribution in [0.1, 0.15) is 36.5 Å². The molecular weight excluding hydrogens is 342 g/mol. The highest BCUT2D eigenvalue weighted by atomic mass is 35.5. The van der Waals surface area contributed by atoms with Crippen LogP contribution in [0.2, 0.25) is 5.02 Å². The molecular formula is C23H26ClNO. The lowest BCUT2D eigenvalue weighted by Gasteiger charge is -2.39. The average molecular weight is 368 g/mol. The van der Waals surface area contributed by atoms with Gasteiger partial charge in [-0.15, -0.1) is 0 Å². The first kappa shape index (κ1) is 17.6. The maximum atomic E-state index is 6.19. The lowest BCUT2D eigenvalue weighted by Crippen LogP contribution is -2.42. The molecule has 0 aromatic heterocycles. The molecule has 1 aliphatic carbocycles. The van der Waals surface area contributed by atoms with Gasteiger partial charge in [0, 0.05) is 17.6 Å². The second kappa shape index (κ2) is 7.46. The molecule has 136 valence electrons. The minimum Gasteiger partial charge on any atom is -0.497 e. The number of benzene rings is 2. The van der Waals surface area contributed by atoms with Crippen LogP contribution < -0.4 is 4.74 Å². The van der Waals surface area contributed by atoms with Gasteiger partial charge in [0.1, 0.15) is 5.75 Å². The van der Waals surface area contributed by atoms with E-state index in [9.17, 15) is 0 Å². The van der Waals surface area contributed by atoms with Gasteiger partial charge in [0.05, 0.1) is 7.11 Å². The van der Waals surface area contributed by atoms with Crippen LogP contribution in [0, 0.1) is 5.92 Å². The van der Waals surface area contributed by atoms with Crippen LogP contribution in [0.3, 0.4) is 0 Å². The van der Waals surface area contributed by atoms with E-state index < -0.39 is 0 Å². The van der Waals surface area contributed by atoms with Gasteiger partial charge < -0.3 is 4.74 Å².